The van der Waals surface area contributed by atoms with Gasteiger partial charge in [0.15, 0.2) is 0 Å². The topological polar surface area (TPSA) is 76.5 Å². The predicted octanol–water partition coefficient (Wildman–Crippen LogP) is 2.46. The minimum Gasteiger partial charge on any atom is -0.497 e. The van der Waals surface area contributed by atoms with E-state index in [1.165, 1.54) is 0 Å². The number of methoxy groups -OCH3 is 1. The highest BCUT2D eigenvalue weighted by Crippen LogP contribution is 2.23. The molecule has 1 aliphatic heterocycles. The molecule has 0 unspecified atom stereocenters. The van der Waals surface area contributed by atoms with Crippen LogP contribution < -0.4 is 10.1 Å². The van der Waals surface area contributed by atoms with Gasteiger partial charge in [0.1, 0.15) is 11.6 Å². The van der Waals surface area contributed by atoms with Crippen LogP contribution in [0.25, 0.3) is 0 Å². The van der Waals surface area contributed by atoms with E-state index in [9.17, 15) is 9.59 Å². The van der Waals surface area contributed by atoms with Crippen molar-refractivity contribution in [3.05, 3.63) is 42.1 Å². The van der Waals surface area contributed by atoms with Crippen molar-refractivity contribution in [1.82, 2.24) is 14.7 Å². The van der Waals surface area contributed by atoms with Crippen LogP contribution >= 0.6 is 0 Å². The van der Waals surface area contributed by atoms with Crippen LogP contribution in [0.3, 0.4) is 0 Å². The van der Waals surface area contributed by atoms with Gasteiger partial charge in [-0.2, -0.15) is 5.10 Å². The number of hydrogen-bond acceptors (Lipinski definition) is 4. The molecule has 138 valence electrons. The maximum Gasteiger partial charge on any atom is 0.230 e. The second-order valence-electron chi connectivity index (χ2n) is 6.77. The van der Waals surface area contributed by atoms with Gasteiger partial charge in [-0.15, -0.1) is 0 Å². The lowest BCUT2D eigenvalue weighted by Crippen LogP contribution is -2.28. The van der Waals surface area contributed by atoms with E-state index in [4.69, 9.17) is 4.74 Å². The zero-order valence-corrected chi connectivity index (χ0v) is 15.3. The third-order valence-corrected chi connectivity index (χ3v) is 4.53. The molecule has 1 aliphatic rings. The molecule has 1 aromatic heterocycles. The molecular formula is C19H24N4O3. The molecule has 0 radical (unpaired) electrons. The van der Waals surface area contributed by atoms with E-state index in [2.05, 4.69) is 10.4 Å². The molecule has 0 bridgehead atoms. The predicted molar refractivity (Wildman–Crippen MR) is 97.8 cm³/mol. The number of hydrogen-bond donors (Lipinski definition) is 1. The highest BCUT2D eigenvalue weighted by atomic mass is 16.5. The minimum absolute atomic E-state index is 0.00154. The van der Waals surface area contributed by atoms with Crippen molar-refractivity contribution < 1.29 is 14.3 Å². The lowest BCUT2D eigenvalue weighted by atomic mass is 10.1. The van der Waals surface area contributed by atoms with Gasteiger partial charge < -0.3 is 15.0 Å². The van der Waals surface area contributed by atoms with Crippen LogP contribution in [-0.2, 0) is 16.1 Å². The fourth-order valence-corrected chi connectivity index (χ4v) is 3.11. The van der Waals surface area contributed by atoms with Crippen molar-refractivity contribution in [1.29, 1.82) is 0 Å². The minimum atomic E-state index is -0.351. The molecule has 2 heterocycles. The van der Waals surface area contributed by atoms with Gasteiger partial charge in [0.25, 0.3) is 0 Å². The SMILES string of the molecule is COc1ccc(CN2C[C@H](C(=O)Nc3ccnn3C(C)C)CC2=O)cc1. The molecule has 0 saturated carbocycles. The van der Waals surface area contributed by atoms with Crippen LogP contribution in [0.1, 0.15) is 31.9 Å². The average Bonchev–Trinajstić information content (AvgIpc) is 3.23. The Balaban J connectivity index is 1.61. The van der Waals surface area contributed by atoms with Gasteiger partial charge >= 0.3 is 0 Å². The number of likely N-dealkylation sites (tertiary alicyclic amines) is 1. The van der Waals surface area contributed by atoms with E-state index in [0.717, 1.165) is 11.3 Å². The highest BCUT2D eigenvalue weighted by molar-refractivity contribution is 5.96. The first-order valence-corrected chi connectivity index (χ1v) is 8.73. The maximum atomic E-state index is 12.6. The van der Waals surface area contributed by atoms with Crippen LogP contribution in [0.5, 0.6) is 5.75 Å². The van der Waals surface area contributed by atoms with Crippen molar-refractivity contribution in [2.75, 3.05) is 19.0 Å². The number of ether oxygens (including phenoxy) is 1. The Hall–Kier alpha value is -2.83. The third-order valence-electron chi connectivity index (χ3n) is 4.53. The Morgan fingerprint density at radius 1 is 1.31 bits per heavy atom. The smallest absolute Gasteiger partial charge is 0.230 e. The molecule has 7 heteroatoms. The van der Waals surface area contributed by atoms with Gasteiger partial charge in [0.05, 0.1) is 19.2 Å². The van der Waals surface area contributed by atoms with E-state index in [1.807, 2.05) is 38.1 Å². The highest BCUT2D eigenvalue weighted by Gasteiger charge is 2.34. The summed E-state index contributed by atoms with van der Waals surface area (Å²) in [6.45, 7) is 4.92. The molecule has 2 amide bonds. The molecule has 1 atom stereocenters. The van der Waals surface area contributed by atoms with Crippen molar-refractivity contribution in [2.45, 2.75) is 32.9 Å². The van der Waals surface area contributed by atoms with E-state index < -0.39 is 0 Å². The van der Waals surface area contributed by atoms with Crippen LogP contribution in [0.4, 0.5) is 5.82 Å². The average molecular weight is 356 g/mol. The molecule has 1 saturated heterocycles. The van der Waals surface area contributed by atoms with E-state index in [-0.39, 0.29) is 30.2 Å². The summed E-state index contributed by atoms with van der Waals surface area (Å²) in [4.78, 5) is 26.6. The first kappa shape index (κ1) is 18.0. The second-order valence-corrected chi connectivity index (χ2v) is 6.77. The first-order valence-electron chi connectivity index (χ1n) is 8.73. The summed E-state index contributed by atoms with van der Waals surface area (Å²) in [5.74, 6) is 0.944. The summed E-state index contributed by atoms with van der Waals surface area (Å²) in [5.41, 5.74) is 1.01. The van der Waals surface area contributed by atoms with Crippen LogP contribution in [0.2, 0.25) is 0 Å². The molecular weight excluding hydrogens is 332 g/mol. The van der Waals surface area contributed by atoms with Gasteiger partial charge in [0, 0.05) is 31.6 Å². The van der Waals surface area contributed by atoms with Gasteiger partial charge in [-0.1, -0.05) is 12.1 Å². The number of benzene rings is 1. The van der Waals surface area contributed by atoms with Crippen molar-refractivity contribution in [2.24, 2.45) is 5.92 Å². The number of nitrogens with one attached hydrogen (secondary N) is 1. The number of anilines is 1. The number of aromatic nitrogens is 2. The second kappa shape index (κ2) is 7.59. The summed E-state index contributed by atoms with van der Waals surface area (Å²) < 4.78 is 6.90. The van der Waals surface area contributed by atoms with Gasteiger partial charge in [-0.3, -0.25) is 9.59 Å². The number of rotatable bonds is 6. The largest absolute Gasteiger partial charge is 0.497 e. The number of nitrogens with zero attached hydrogens (tertiary/aromatic N) is 3. The molecule has 3 rings (SSSR count). The normalized spacial score (nSPS) is 17.0. The summed E-state index contributed by atoms with van der Waals surface area (Å²) in [6, 6.07) is 9.52. The zero-order valence-electron chi connectivity index (χ0n) is 15.3. The van der Waals surface area contributed by atoms with Crippen molar-refractivity contribution in [3.63, 3.8) is 0 Å². The summed E-state index contributed by atoms with van der Waals surface area (Å²) in [7, 11) is 1.62. The lowest BCUT2D eigenvalue weighted by Gasteiger charge is -2.17. The monoisotopic (exact) mass is 356 g/mol. The fraction of sp³-hybridized carbons (Fsp3) is 0.421. The summed E-state index contributed by atoms with van der Waals surface area (Å²) in [6.07, 6.45) is 1.89. The van der Waals surface area contributed by atoms with Gasteiger partial charge in [-0.25, -0.2) is 4.68 Å². The van der Waals surface area contributed by atoms with E-state index >= 15 is 0 Å². The molecule has 1 N–H and O–H groups in total. The molecule has 1 aromatic carbocycles. The molecule has 0 spiro atoms. The standard InChI is InChI=1S/C19H24N4O3/c1-13(2)23-17(8-9-20-23)21-19(25)15-10-18(24)22(12-15)11-14-4-6-16(26-3)7-5-14/h4-9,13,15H,10-12H2,1-3H3,(H,21,25)/t15-/m1/s1. The van der Waals surface area contributed by atoms with Gasteiger partial charge in [-0.05, 0) is 31.5 Å². The molecule has 1 fully saturated rings. The fourth-order valence-electron chi connectivity index (χ4n) is 3.11. The Morgan fingerprint density at radius 2 is 2.04 bits per heavy atom. The Morgan fingerprint density at radius 3 is 2.69 bits per heavy atom. The number of carbonyl (C=O) groups excluding carboxylic acids is 2. The van der Waals surface area contributed by atoms with Crippen molar-refractivity contribution >= 4 is 17.6 Å². The lowest BCUT2D eigenvalue weighted by molar-refractivity contribution is -0.128. The van der Waals surface area contributed by atoms with Crippen LogP contribution in [0.15, 0.2) is 36.5 Å². The van der Waals surface area contributed by atoms with E-state index in [0.29, 0.717) is 18.9 Å². The third kappa shape index (κ3) is 3.87. The summed E-state index contributed by atoms with van der Waals surface area (Å²) in [5, 5.41) is 7.11. The summed E-state index contributed by atoms with van der Waals surface area (Å²) >= 11 is 0. The molecule has 26 heavy (non-hydrogen) atoms. The zero-order chi connectivity index (χ0) is 18.7. The number of carbonyl (C=O) groups is 2. The van der Waals surface area contributed by atoms with Crippen LogP contribution in [-0.4, -0.2) is 40.1 Å². The quantitative estimate of drug-likeness (QED) is 0.863. The molecule has 7 nitrogen and oxygen atoms in total. The van der Waals surface area contributed by atoms with Crippen LogP contribution in [0, 0.1) is 5.92 Å². The maximum absolute atomic E-state index is 12.6. The first-order chi connectivity index (χ1) is 12.5. The Labute approximate surface area is 152 Å². The van der Waals surface area contributed by atoms with Gasteiger partial charge in [0.2, 0.25) is 11.8 Å². The number of amides is 2. The molecule has 2 aromatic rings. The molecule has 0 aliphatic carbocycles. The Bertz CT molecular complexity index is 782. The van der Waals surface area contributed by atoms with Crippen molar-refractivity contribution in [3.8, 4) is 5.75 Å². The van der Waals surface area contributed by atoms with E-state index in [1.54, 1.807) is 29.0 Å². The Kier molecular flexibility index (Phi) is 5.25.